The molecule has 0 aliphatic rings. The van der Waals surface area contributed by atoms with Gasteiger partial charge in [-0.25, -0.2) is 4.98 Å². The van der Waals surface area contributed by atoms with Crippen LogP contribution in [0.2, 0.25) is 0 Å². The van der Waals surface area contributed by atoms with Crippen molar-refractivity contribution in [1.82, 2.24) is 10.3 Å². The molecule has 8 nitrogen and oxygen atoms in total. The summed E-state index contributed by atoms with van der Waals surface area (Å²) in [4.78, 5) is 45.4. The maximum Gasteiger partial charge on any atom is 0.272 e. The number of aromatic nitrogens is 1. The average molecular weight is 649 g/mol. The van der Waals surface area contributed by atoms with Gasteiger partial charge in [0.05, 0.1) is 18.6 Å². The molecule has 10 heteroatoms. The molecule has 4 aromatic carbocycles. The Kier molecular flexibility index (Phi) is 10.6. The highest BCUT2D eigenvalue weighted by Crippen LogP contribution is 2.31. The van der Waals surface area contributed by atoms with Crippen molar-refractivity contribution in [3.63, 3.8) is 0 Å². The summed E-state index contributed by atoms with van der Waals surface area (Å²) in [7, 11) is 1.58. The molecule has 0 atom stereocenters. The molecule has 0 saturated heterocycles. The fourth-order valence-electron chi connectivity index (χ4n) is 4.38. The zero-order chi connectivity index (χ0) is 32.5. The average Bonchev–Trinajstić information content (AvgIpc) is 3.44. The predicted molar refractivity (Wildman–Crippen MR) is 186 cm³/mol. The van der Waals surface area contributed by atoms with Crippen LogP contribution in [0, 0.1) is 13.8 Å². The van der Waals surface area contributed by atoms with Gasteiger partial charge in [-0.05, 0) is 74.0 Å². The van der Waals surface area contributed by atoms with E-state index in [1.807, 2.05) is 56.3 Å². The molecule has 0 fully saturated rings. The summed E-state index contributed by atoms with van der Waals surface area (Å²) in [5, 5.41) is 9.05. The van der Waals surface area contributed by atoms with Gasteiger partial charge >= 0.3 is 0 Å². The third-order valence-corrected chi connectivity index (χ3v) is 8.70. The normalized spacial score (nSPS) is 11.1. The lowest BCUT2D eigenvalue weighted by Crippen LogP contribution is -2.30. The van der Waals surface area contributed by atoms with Gasteiger partial charge in [-0.1, -0.05) is 60.2 Å². The summed E-state index contributed by atoms with van der Waals surface area (Å²) in [5.74, 6) is -0.167. The Balaban J connectivity index is 1.19. The molecular weight excluding hydrogens is 617 g/mol. The summed E-state index contributed by atoms with van der Waals surface area (Å²) in [5.41, 5.74) is 4.82. The molecule has 5 rings (SSSR count). The van der Waals surface area contributed by atoms with Crippen LogP contribution in [0.25, 0.3) is 17.3 Å². The Morgan fingerprint density at radius 3 is 2.22 bits per heavy atom. The summed E-state index contributed by atoms with van der Waals surface area (Å²) in [6.45, 7) is 4.03. The second-order valence-electron chi connectivity index (χ2n) is 10.3. The Morgan fingerprint density at radius 1 is 0.848 bits per heavy atom. The Labute approximate surface area is 275 Å². The van der Waals surface area contributed by atoms with Crippen LogP contribution in [0.5, 0.6) is 5.75 Å². The van der Waals surface area contributed by atoms with Gasteiger partial charge in [0.1, 0.15) is 11.4 Å². The van der Waals surface area contributed by atoms with Gasteiger partial charge in [-0.15, -0.1) is 23.1 Å². The van der Waals surface area contributed by atoms with E-state index < -0.39 is 11.8 Å². The number of aryl methyl sites for hydroxylation is 2. The lowest BCUT2D eigenvalue weighted by atomic mass is 10.1. The third-order valence-electron chi connectivity index (χ3n) is 6.81. The lowest BCUT2D eigenvalue weighted by molar-refractivity contribution is -0.114. The smallest absolute Gasteiger partial charge is 0.272 e. The Hall–Kier alpha value is -5.19. The number of thiazole rings is 1. The van der Waals surface area contributed by atoms with Gasteiger partial charge in [0, 0.05) is 26.6 Å². The number of methoxy groups -OCH3 is 1. The maximum absolute atomic E-state index is 13.3. The lowest BCUT2D eigenvalue weighted by Gasteiger charge is -2.12. The van der Waals surface area contributed by atoms with Crippen molar-refractivity contribution in [3.8, 4) is 17.0 Å². The number of anilines is 2. The van der Waals surface area contributed by atoms with E-state index in [0.717, 1.165) is 21.0 Å². The van der Waals surface area contributed by atoms with Gasteiger partial charge in [-0.2, -0.15) is 0 Å². The number of benzene rings is 4. The van der Waals surface area contributed by atoms with Gasteiger partial charge < -0.3 is 20.7 Å². The molecular formula is C36H32N4O4S2. The van der Waals surface area contributed by atoms with E-state index in [4.69, 9.17) is 4.74 Å². The molecule has 0 radical (unpaired) electrons. The van der Waals surface area contributed by atoms with Crippen LogP contribution in [-0.4, -0.2) is 35.6 Å². The number of carbonyl (C=O) groups excluding carboxylic acids is 3. The molecule has 0 saturated carbocycles. The van der Waals surface area contributed by atoms with Crippen molar-refractivity contribution in [2.24, 2.45) is 0 Å². The fraction of sp³-hybridized carbons (Fsp3) is 0.111. The number of thioether (sulfide) groups is 1. The topological polar surface area (TPSA) is 109 Å². The van der Waals surface area contributed by atoms with Crippen molar-refractivity contribution in [1.29, 1.82) is 0 Å². The van der Waals surface area contributed by atoms with Crippen molar-refractivity contribution < 1.29 is 19.1 Å². The maximum atomic E-state index is 13.3. The first kappa shape index (κ1) is 32.2. The molecule has 0 unspecified atom stereocenters. The second-order valence-corrected chi connectivity index (χ2v) is 12.5. The van der Waals surface area contributed by atoms with E-state index >= 15 is 0 Å². The summed E-state index contributed by atoms with van der Waals surface area (Å²) in [6, 6.07) is 31.1. The summed E-state index contributed by atoms with van der Waals surface area (Å²) >= 11 is 2.82. The van der Waals surface area contributed by atoms with E-state index in [9.17, 15) is 14.4 Å². The number of hydrogen-bond donors (Lipinski definition) is 3. The largest absolute Gasteiger partial charge is 0.497 e. The Morgan fingerprint density at radius 2 is 1.54 bits per heavy atom. The number of hydrogen-bond acceptors (Lipinski definition) is 7. The van der Waals surface area contributed by atoms with Gasteiger partial charge in [0.15, 0.2) is 5.13 Å². The number of nitrogens with zero attached hydrogens (tertiary/aromatic N) is 1. The highest BCUT2D eigenvalue weighted by atomic mass is 32.2. The highest BCUT2D eigenvalue weighted by Gasteiger charge is 2.16. The molecule has 5 aromatic rings. The predicted octanol–water partition coefficient (Wildman–Crippen LogP) is 7.58. The third kappa shape index (κ3) is 8.71. The molecule has 0 aliphatic carbocycles. The Bertz CT molecular complexity index is 1850. The van der Waals surface area contributed by atoms with Crippen LogP contribution in [0.4, 0.5) is 10.8 Å². The minimum Gasteiger partial charge on any atom is -0.497 e. The SMILES string of the molecule is COc1ccc(/C=C(\NC(=O)c2ccccc2)C(=O)Nc2ccc(SCC(=O)Nc3nc(-c4ccc(C)cc4)c(C)s3)cc2)cc1. The molecule has 1 aromatic heterocycles. The number of amides is 3. The van der Waals surface area contributed by atoms with Crippen LogP contribution in [-0.2, 0) is 9.59 Å². The van der Waals surface area contributed by atoms with Crippen LogP contribution in [0.15, 0.2) is 114 Å². The van der Waals surface area contributed by atoms with E-state index in [2.05, 4.69) is 20.9 Å². The minimum absolute atomic E-state index is 0.0806. The van der Waals surface area contributed by atoms with E-state index in [0.29, 0.717) is 27.7 Å². The number of carbonyl (C=O) groups is 3. The van der Waals surface area contributed by atoms with Gasteiger partial charge in [-0.3, -0.25) is 14.4 Å². The van der Waals surface area contributed by atoms with E-state index in [1.54, 1.807) is 73.8 Å². The van der Waals surface area contributed by atoms with Gasteiger partial charge in [0.2, 0.25) is 5.91 Å². The van der Waals surface area contributed by atoms with Gasteiger partial charge in [0.25, 0.3) is 11.8 Å². The molecule has 3 amide bonds. The van der Waals surface area contributed by atoms with Crippen molar-refractivity contribution in [2.75, 3.05) is 23.5 Å². The molecule has 232 valence electrons. The molecule has 0 spiro atoms. The van der Waals surface area contributed by atoms with E-state index in [1.165, 1.54) is 28.7 Å². The highest BCUT2D eigenvalue weighted by molar-refractivity contribution is 8.00. The fourth-order valence-corrected chi connectivity index (χ4v) is 5.93. The second kappa shape index (κ2) is 15.2. The quantitative estimate of drug-likeness (QED) is 0.101. The minimum atomic E-state index is -0.483. The van der Waals surface area contributed by atoms with Crippen LogP contribution < -0.4 is 20.7 Å². The molecule has 0 aliphatic heterocycles. The van der Waals surface area contributed by atoms with E-state index in [-0.39, 0.29) is 17.4 Å². The monoisotopic (exact) mass is 648 g/mol. The molecule has 46 heavy (non-hydrogen) atoms. The number of nitrogens with one attached hydrogen (secondary N) is 3. The van der Waals surface area contributed by atoms with Crippen molar-refractivity contribution >= 4 is 57.7 Å². The zero-order valence-corrected chi connectivity index (χ0v) is 27.1. The van der Waals surface area contributed by atoms with Crippen LogP contribution >= 0.6 is 23.1 Å². The van der Waals surface area contributed by atoms with Crippen molar-refractivity contribution in [3.05, 3.63) is 130 Å². The first-order valence-electron chi connectivity index (χ1n) is 14.4. The summed E-state index contributed by atoms with van der Waals surface area (Å²) < 4.78 is 5.22. The molecule has 3 N–H and O–H groups in total. The van der Waals surface area contributed by atoms with Crippen molar-refractivity contribution in [2.45, 2.75) is 18.7 Å². The molecule has 1 heterocycles. The van der Waals surface area contributed by atoms with Crippen LogP contribution in [0.1, 0.15) is 26.4 Å². The standard InChI is InChI=1S/C36H32N4O4S2/c1-23-9-13-26(14-10-23)33-24(2)46-36(40-33)39-32(41)22-45-30-19-15-28(16-20-30)37-35(43)31(21-25-11-17-29(44-3)18-12-25)38-34(42)27-7-5-4-6-8-27/h4-21H,22H2,1-3H3,(H,37,43)(H,38,42)(H,39,40,41)/b31-21-. The first-order chi connectivity index (χ1) is 22.3. The van der Waals surface area contributed by atoms with Crippen LogP contribution in [0.3, 0.4) is 0 Å². The summed E-state index contributed by atoms with van der Waals surface area (Å²) in [6.07, 6.45) is 1.60. The zero-order valence-electron chi connectivity index (χ0n) is 25.5. The first-order valence-corrected chi connectivity index (χ1v) is 16.2. The number of ether oxygens (including phenoxy) is 1. The number of rotatable bonds is 11. The molecule has 0 bridgehead atoms.